The number of benzene rings is 1. The summed E-state index contributed by atoms with van der Waals surface area (Å²) in [5.41, 5.74) is 4.95. The van der Waals surface area contributed by atoms with Crippen LogP contribution in [-0.4, -0.2) is 22.1 Å². The number of nitrogens with two attached hydrogens (primary N) is 1. The van der Waals surface area contributed by atoms with Gasteiger partial charge in [0.25, 0.3) is 0 Å². The van der Waals surface area contributed by atoms with Crippen molar-refractivity contribution in [2.75, 3.05) is 0 Å². The molecule has 0 aromatic heterocycles. The van der Waals surface area contributed by atoms with Gasteiger partial charge in [0.2, 0.25) is 5.75 Å². The smallest absolute Gasteiger partial charge is 0.312 e. The Morgan fingerprint density at radius 1 is 1.74 bits per heavy atom. The van der Waals surface area contributed by atoms with Gasteiger partial charge in [0.05, 0.1) is 9.40 Å². The summed E-state index contributed by atoms with van der Waals surface area (Å²) in [7, 11) is 0. The largest absolute Gasteiger partial charge is 0.475 e. The molecule has 1 aromatic carbocycles. The molecule has 3 N–H and O–H groups in total. The van der Waals surface area contributed by atoms with Gasteiger partial charge in [0.15, 0.2) is 11.9 Å². The molecule has 0 bridgehead atoms. The SMILES string of the molecule is CCC(Oc1cc(F)c(Br)cc1[N+](=O)[O-])/C(N)=N/O. The lowest BCUT2D eigenvalue weighted by Crippen LogP contribution is -2.33. The molecule has 7 nitrogen and oxygen atoms in total. The summed E-state index contributed by atoms with van der Waals surface area (Å²) < 4.78 is 18.6. The van der Waals surface area contributed by atoms with Crippen molar-refractivity contribution in [2.24, 2.45) is 10.9 Å². The maximum absolute atomic E-state index is 13.4. The van der Waals surface area contributed by atoms with E-state index in [1.807, 2.05) is 0 Å². The quantitative estimate of drug-likeness (QED) is 0.282. The summed E-state index contributed by atoms with van der Waals surface area (Å²) in [4.78, 5) is 10.2. The highest BCUT2D eigenvalue weighted by Gasteiger charge is 2.23. The first kappa shape index (κ1) is 15.2. The fourth-order valence-electron chi connectivity index (χ4n) is 1.33. The Kier molecular flexibility index (Phi) is 5.04. The fourth-order valence-corrected chi connectivity index (χ4v) is 1.66. The Labute approximate surface area is 116 Å². The van der Waals surface area contributed by atoms with Crippen LogP contribution in [0.25, 0.3) is 0 Å². The number of nitro groups is 1. The van der Waals surface area contributed by atoms with Crippen molar-refractivity contribution in [3.8, 4) is 5.75 Å². The van der Waals surface area contributed by atoms with Crippen LogP contribution in [0.5, 0.6) is 5.75 Å². The van der Waals surface area contributed by atoms with Crippen LogP contribution in [0.3, 0.4) is 0 Å². The second-order valence-electron chi connectivity index (χ2n) is 3.53. The van der Waals surface area contributed by atoms with Gasteiger partial charge in [0.1, 0.15) is 5.82 Å². The molecule has 0 aliphatic heterocycles. The van der Waals surface area contributed by atoms with Crippen molar-refractivity contribution in [3.05, 3.63) is 32.5 Å². The Morgan fingerprint density at radius 3 is 2.84 bits per heavy atom. The molecule has 9 heteroatoms. The molecule has 0 aliphatic carbocycles. The van der Waals surface area contributed by atoms with Crippen molar-refractivity contribution < 1.29 is 19.3 Å². The molecular formula is C10H11BrFN3O4. The molecule has 1 rings (SSSR count). The lowest BCUT2D eigenvalue weighted by Gasteiger charge is -2.16. The molecule has 0 fully saturated rings. The van der Waals surface area contributed by atoms with E-state index in [0.29, 0.717) is 6.42 Å². The molecule has 1 aromatic rings. The Morgan fingerprint density at radius 2 is 2.37 bits per heavy atom. The Balaban J connectivity index is 3.19. The predicted octanol–water partition coefficient (Wildman–Crippen LogP) is 2.40. The van der Waals surface area contributed by atoms with Crippen LogP contribution in [0.15, 0.2) is 21.8 Å². The number of hydrogen-bond acceptors (Lipinski definition) is 5. The molecule has 0 radical (unpaired) electrons. The molecule has 104 valence electrons. The molecule has 0 saturated carbocycles. The van der Waals surface area contributed by atoms with Crippen molar-refractivity contribution in [1.29, 1.82) is 0 Å². The van der Waals surface area contributed by atoms with Gasteiger partial charge in [-0.2, -0.15) is 0 Å². The zero-order valence-electron chi connectivity index (χ0n) is 9.84. The first-order valence-corrected chi connectivity index (χ1v) is 5.97. The van der Waals surface area contributed by atoms with Crippen LogP contribution in [0.2, 0.25) is 0 Å². The lowest BCUT2D eigenvalue weighted by molar-refractivity contribution is -0.386. The summed E-state index contributed by atoms with van der Waals surface area (Å²) in [6.45, 7) is 1.67. The van der Waals surface area contributed by atoms with Gasteiger partial charge < -0.3 is 15.7 Å². The zero-order valence-corrected chi connectivity index (χ0v) is 11.4. The summed E-state index contributed by atoms with van der Waals surface area (Å²) in [5.74, 6) is -1.25. The van der Waals surface area contributed by atoms with Gasteiger partial charge in [0, 0.05) is 12.1 Å². The summed E-state index contributed by atoms with van der Waals surface area (Å²) in [6, 6.07) is 1.86. The number of oxime groups is 1. The Bertz CT molecular complexity index is 524. The molecule has 0 aliphatic rings. The van der Waals surface area contributed by atoms with E-state index < -0.39 is 22.5 Å². The first-order chi connectivity index (χ1) is 8.90. The van der Waals surface area contributed by atoms with Crippen molar-refractivity contribution in [3.63, 3.8) is 0 Å². The van der Waals surface area contributed by atoms with E-state index in [2.05, 4.69) is 21.1 Å². The molecular weight excluding hydrogens is 325 g/mol. The average Bonchev–Trinajstić information content (AvgIpc) is 2.38. The predicted molar refractivity (Wildman–Crippen MR) is 68.9 cm³/mol. The number of rotatable bonds is 5. The van der Waals surface area contributed by atoms with Crippen LogP contribution >= 0.6 is 15.9 Å². The first-order valence-electron chi connectivity index (χ1n) is 5.18. The lowest BCUT2D eigenvalue weighted by atomic mass is 10.2. The van der Waals surface area contributed by atoms with Gasteiger partial charge >= 0.3 is 5.69 Å². The molecule has 1 atom stereocenters. The van der Waals surface area contributed by atoms with E-state index in [1.165, 1.54) is 0 Å². The normalized spacial score (nSPS) is 13.1. The van der Waals surface area contributed by atoms with Crippen LogP contribution in [0.4, 0.5) is 10.1 Å². The third-order valence-corrected chi connectivity index (χ3v) is 2.89. The maximum Gasteiger partial charge on any atom is 0.312 e. The van der Waals surface area contributed by atoms with Gasteiger partial charge in [-0.1, -0.05) is 12.1 Å². The summed E-state index contributed by atoms with van der Waals surface area (Å²) in [6.07, 6.45) is -0.589. The van der Waals surface area contributed by atoms with E-state index in [1.54, 1.807) is 6.92 Å². The third kappa shape index (κ3) is 3.53. The van der Waals surface area contributed by atoms with Gasteiger partial charge in [-0.3, -0.25) is 10.1 Å². The minimum absolute atomic E-state index is 0.0524. The van der Waals surface area contributed by atoms with E-state index in [9.17, 15) is 14.5 Å². The van der Waals surface area contributed by atoms with Gasteiger partial charge in [-0.15, -0.1) is 0 Å². The number of nitrogens with zero attached hydrogens (tertiary/aromatic N) is 2. The standard InChI is InChI=1S/C10H11BrFN3O4/c1-2-8(10(13)14-16)19-9-4-6(12)5(11)3-7(9)15(17)18/h3-4,8,16H,2H2,1H3,(H2,13,14). The fraction of sp³-hybridized carbons (Fsp3) is 0.300. The number of ether oxygens (including phenoxy) is 1. The second-order valence-corrected chi connectivity index (χ2v) is 4.39. The molecule has 1 unspecified atom stereocenters. The van der Waals surface area contributed by atoms with Crippen molar-refractivity contribution in [1.82, 2.24) is 0 Å². The molecule has 0 spiro atoms. The van der Waals surface area contributed by atoms with E-state index >= 15 is 0 Å². The minimum Gasteiger partial charge on any atom is -0.475 e. The zero-order chi connectivity index (χ0) is 14.6. The molecule has 0 heterocycles. The van der Waals surface area contributed by atoms with Crippen LogP contribution < -0.4 is 10.5 Å². The van der Waals surface area contributed by atoms with Gasteiger partial charge in [-0.05, 0) is 22.4 Å². The second kappa shape index (κ2) is 6.32. The Hall–Kier alpha value is -1.90. The van der Waals surface area contributed by atoms with E-state index in [0.717, 1.165) is 12.1 Å². The van der Waals surface area contributed by atoms with Crippen molar-refractivity contribution >= 4 is 27.5 Å². The minimum atomic E-state index is -0.885. The average molecular weight is 336 g/mol. The number of nitro benzene ring substituents is 1. The highest BCUT2D eigenvalue weighted by atomic mass is 79.9. The highest BCUT2D eigenvalue weighted by molar-refractivity contribution is 9.10. The maximum atomic E-state index is 13.4. The topological polar surface area (TPSA) is 111 Å². The van der Waals surface area contributed by atoms with Crippen LogP contribution in [0, 0.1) is 15.9 Å². The molecule has 0 saturated heterocycles. The molecule has 19 heavy (non-hydrogen) atoms. The molecule has 0 amide bonds. The summed E-state index contributed by atoms with van der Waals surface area (Å²) in [5, 5.41) is 22.2. The number of halogens is 2. The van der Waals surface area contributed by atoms with Crippen LogP contribution in [-0.2, 0) is 0 Å². The van der Waals surface area contributed by atoms with Gasteiger partial charge in [-0.25, -0.2) is 4.39 Å². The number of hydrogen-bond donors (Lipinski definition) is 2. The highest BCUT2D eigenvalue weighted by Crippen LogP contribution is 2.33. The van der Waals surface area contributed by atoms with Crippen LogP contribution in [0.1, 0.15) is 13.3 Å². The number of amidine groups is 1. The monoisotopic (exact) mass is 335 g/mol. The third-order valence-electron chi connectivity index (χ3n) is 2.28. The van der Waals surface area contributed by atoms with E-state index in [4.69, 9.17) is 15.7 Å². The van der Waals surface area contributed by atoms with Crippen molar-refractivity contribution in [2.45, 2.75) is 19.4 Å². The summed E-state index contributed by atoms with van der Waals surface area (Å²) >= 11 is 2.85. The van der Waals surface area contributed by atoms with E-state index in [-0.39, 0.29) is 16.1 Å².